The summed E-state index contributed by atoms with van der Waals surface area (Å²) in [6, 6.07) is 13.4. The van der Waals surface area contributed by atoms with Crippen LogP contribution in [0.2, 0.25) is 5.02 Å². The summed E-state index contributed by atoms with van der Waals surface area (Å²) in [5.41, 5.74) is 0.0619. The Morgan fingerprint density at radius 3 is 2.27 bits per heavy atom. The molecule has 0 aliphatic heterocycles. The van der Waals surface area contributed by atoms with Crippen LogP contribution in [0, 0.1) is 0 Å². The Morgan fingerprint density at radius 1 is 1.09 bits per heavy atom. The van der Waals surface area contributed by atoms with Gasteiger partial charge in [0.15, 0.2) is 0 Å². The molecule has 2 aromatic rings. The average Bonchev–Trinajstić information content (AvgIpc) is 2.46. The minimum Gasteiger partial charge on any atom is -0.497 e. The lowest BCUT2D eigenvalue weighted by molar-refractivity contribution is 0.413. The van der Waals surface area contributed by atoms with Gasteiger partial charge in [-0.2, -0.15) is 0 Å². The predicted molar refractivity (Wildman–Crippen MR) is 87.8 cm³/mol. The van der Waals surface area contributed by atoms with Crippen molar-refractivity contribution in [3.8, 4) is 5.75 Å². The van der Waals surface area contributed by atoms with Crippen LogP contribution in [0.4, 0.5) is 0 Å². The first kappa shape index (κ1) is 16.8. The van der Waals surface area contributed by atoms with Gasteiger partial charge in [0, 0.05) is 5.02 Å². The minimum atomic E-state index is -3.67. The monoisotopic (exact) mass is 339 g/mol. The first-order valence-corrected chi connectivity index (χ1v) is 8.55. The number of sulfonamides is 1. The zero-order chi connectivity index (χ0) is 16.4. The van der Waals surface area contributed by atoms with Crippen molar-refractivity contribution in [1.82, 2.24) is 4.72 Å². The summed E-state index contributed by atoms with van der Waals surface area (Å²) in [5, 5.41) is 0.380. The Balaban J connectivity index is 2.30. The van der Waals surface area contributed by atoms with Gasteiger partial charge >= 0.3 is 0 Å². The Labute approximate surface area is 136 Å². The van der Waals surface area contributed by atoms with E-state index < -0.39 is 15.6 Å². The highest BCUT2D eigenvalue weighted by Gasteiger charge is 2.28. The number of hydrogen-bond acceptors (Lipinski definition) is 3. The van der Waals surface area contributed by atoms with E-state index in [1.54, 1.807) is 45.2 Å². The van der Waals surface area contributed by atoms with Crippen LogP contribution in [0.5, 0.6) is 5.75 Å². The van der Waals surface area contributed by atoms with Crippen LogP contribution < -0.4 is 9.46 Å². The van der Waals surface area contributed by atoms with Crippen LogP contribution in [-0.2, 0) is 15.6 Å². The third-order valence-corrected chi connectivity index (χ3v) is 5.20. The molecule has 22 heavy (non-hydrogen) atoms. The normalized spacial score (nSPS) is 12.2. The van der Waals surface area contributed by atoms with Crippen LogP contribution in [0.3, 0.4) is 0 Å². The van der Waals surface area contributed by atoms with E-state index in [0.29, 0.717) is 5.02 Å². The quantitative estimate of drug-likeness (QED) is 0.906. The molecule has 0 aliphatic rings. The van der Waals surface area contributed by atoms with Crippen molar-refractivity contribution in [3.63, 3.8) is 0 Å². The third kappa shape index (κ3) is 3.80. The van der Waals surface area contributed by atoms with Gasteiger partial charge in [0.2, 0.25) is 10.0 Å². The molecule has 4 nitrogen and oxygen atoms in total. The molecule has 0 radical (unpaired) electrons. The maximum absolute atomic E-state index is 12.5. The van der Waals surface area contributed by atoms with Crippen molar-refractivity contribution >= 4 is 21.6 Å². The highest BCUT2D eigenvalue weighted by molar-refractivity contribution is 7.89. The molecular formula is C16H18ClNO3S. The van der Waals surface area contributed by atoms with E-state index in [0.717, 1.165) is 11.3 Å². The SMILES string of the molecule is COc1ccc(C(C)(C)NS(=O)(=O)c2cccc(Cl)c2)cc1. The summed E-state index contributed by atoms with van der Waals surface area (Å²) < 4.78 is 32.8. The molecule has 0 bridgehead atoms. The molecule has 2 aromatic carbocycles. The molecule has 0 atom stereocenters. The molecule has 0 heterocycles. The lowest BCUT2D eigenvalue weighted by atomic mass is 9.96. The van der Waals surface area contributed by atoms with Gasteiger partial charge in [-0.3, -0.25) is 0 Å². The van der Waals surface area contributed by atoms with Crippen molar-refractivity contribution in [3.05, 3.63) is 59.1 Å². The molecule has 6 heteroatoms. The molecule has 0 amide bonds. The number of rotatable bonds is 5. The van der Waals surface area contributed by atoms with E-state index in [1.807, 2.05) is 12.1 Å². The lowest BCUT2D eigenvalue weighted by Gasteiger charge is -2.26. The number of halogens is 1. The van der Waals surface area contributed by atoms with Crippen LogP contribution >= 0.6 is 11.6 Å². The molecule has 118 valence electrons. The second kappa shape index (κ2) is 6.28. The topological polar surface area (TPSA) is 55.4 Å². The van der Waals surface area contributed by atoms with E-state index in [4.69, 9.17) is 16.3 Å². The van der Waals surface area contributed by atoms with E-state index >= 15 is 0 Å². The van der Waals surface area contributed by atoms with Crippen LogP contribution in [0.25, 0.3) is 0 Å². The molecule has 2 rings (SSSR count). The zero-order valence-corrected chi connectivity index (χ0v) is 14.2. The number of nitrogens with one attached hydrogen (secondary N) is 1. The Morgan fingerprint density at radius 2 is 1.73 bits per heavy atom. The fraction of sp³-hybridized carbons (Fsp3) is 0.250. The maximum Gasteiger partial charge on any atom is 0.241 e. The molecule has 0 spiro atoms. The molecule has 1 N–H and O–H groups in total. The molecule has 0 fully saturated rings. The lowest BCUT2D eigenvalue weighted by Crippen LogP contribution is -2.40. The van der Waals surface area contributed by atoms with Crippen LogP contribution in [0.15, 0.2) is 53.4 Å². The number of ether oxygens (including phenoxy) is 1. The average molecular weight is 340 g/mol. The third-order valence-electron chi connectivity index (χ3n) is 3.31. The van der Waals surface area contributed by atoms with Gasteiger partial charge in [0.1, 0.15) is 5.75 Å². The smallest absolute Gasteiger partial charge is 0.241 e. The number of methoxy groups -OCH3 is 1. The van der Waals surface area contributed by atoms with Crippen molar-refractivity contribution in [2.75, 3.05) is 7.11 Å². The second-order valence-corrected chi connectivity index (χ2v) is 7.54. The molecule has 0 saturated carbocycles. The predicted octanol–water partition coefficient (Wildman–Crippen LogP) is 3.56. The largest absolute Gasteiger partial charge is 0.497 e. The minimum absolute atomic E-state index is 0.140. The van der Waals surface area contributed by atoms with Gasteiger partial charge in [0.25, 0.3) is 0 Å². The standard InChI is InChI=1S/C16H18ClNO3S/c1-16(2,12-7-9-14(21-3)10-8-12)18-22(19,20)15-6-4-5-13(17)11-15/h4-11,18H,1-3H3. The highest BCUT2D eigenvalue weighted by atomic mass is 35.5. The molecule has 0 aliphatic carbocycles. The highest BCUT2D eigenvalue weighted by Crippen LogP contribution is 2.25. The van der Waals surface area contributed by atoms with Crippen molar-refractivity contribution in [1.29, 1.82) is 0 Å². The van der Waals surface area contributed by atoms with Crippen LogP contribution in [-0.4, -0.2) is 15.5 Å². The van der Waals surface area contributed by atoms with E-state index in [2.05, 4.69) is 4.72 Å². The fourth-order valence-electron chi connectivity index (χ4n) is 2.10. The van der Waals surface area contributed by atoms with E-state index in [9.17, 15) is 8.42 Å². The molecule has 0 aromatic heterocycles. The first-order valence-electron chi connectivity index (χ1n) is 6.69. The second-order valence-electron chi connectivity index (χ2n) is 5.42. The Hall–Kier alpha value is -1.56. The van der Waals surface area contributed by atoms with Crippen LogP contribution in [0.1, 0.15) is 19.4 Å². The van der Waals surface area contributed by atoms with E-state index in [-0.39, 0.29) is 4.90 Å². The van der Waals surface area contributed by atoms with Gasteiger partial charge < -0.3 is 4.74 Å². The van der Waals surface area contributed by atoms with Crippen molar-refractivity contribution in [2.45, 2.75) is 24.3 Å². The number of hydrogen-bond donors (Lipinski definition) is 1. The summed E-state index contributed by atoms with van der Waals surface area (Å²) in [6.07, 6.45) is 0. The summed E-state index contributed by atoms with van der Waals surface area (Å²) in [5.74, 6) is 0.720. The van der Waals surface area contributed by atoms with Crippen molar-refractivity contribution < 1.29 is 13.2 Å². The maximum atomic E-state index is 12.5. The Kier molecular flexibility index (Phi) is 4.80. The summed E-state index contributed by atoms with van der Waals surface area (Å²) >= 11 is 5.87. The zero-order valence-electron chi connectivity index (χ0n) is 12.6. The molecule has 0 unspecified atom stereocenters. The van der Waals surface area contributed by atoms with Gasteiger partial charge in [-0.05, 0) is 49.7 Å². The first-order chi connectivity index (χ1) is 10.2. The summed E-state index contributed by atoms with van der Waals surface area (Å²) in [6.45, 7) is 3.60. The van der Waals surface area contributed by atoms with Gasteiger partial charge in [-0.25, -0.2) is 13.1 Å². The van der Waals surface area contributed by atoms with Gasteiger partial charge in [-0.1, -0.05) is 29.8 Å². The Bertz CT molecular complexity index is 755. The number of benzene rings is 2. The van der Waals surface area contributed by atoms with Gasteiger partial charge in [0.05, 0.1) is 17.5 Å². The fourth-order valence-corrected chi connectivity index (χ4v) is 3.80. The molecule has 0 saturated heterocycles. The molecular weight excluding hydrogens is 322 g/mol. The van der Waals surface area contributed by atoms with Gasteiger partial charge in [-0.15, -0.1) is 0 Å². The summed E-state index contributed by atoms with van der Waals surface area (Å²) in [7, 11) is -2.08. The van der Waals surface area contributed by atoms with E-state index in [1.165, 1.54) is 12.1 Å². The van der Waals surface area contributed by atoms with Crippen molar-refractivity contribution in [2.24, 2.45) is 0 Å². The summed E-state index contributed by atoms with van der Waals surface area (Å²) in [4.78, 5) is 0.140.